The predicted molar refractivity (Wildman–Crippen MR) is 335 cm³/mol. The van der Waals surface area contributed by atoms with Crippen molar-refractivity contribution in [2.75, 3.05) is 13.2 Å². The van der Waals surface area contributed by atoms with Crippen molar-refractivity contribution in [3.05, 3.63) is 48.6 Å². The molecule has 0 bridgehead atoms. The molecule has 0 aromatic rings. The van der Waals surface area contributed by atoms with Crippen molar-refractivity contribution in [2.24, 2.45) is 0 Å². The van der Waals surface area contributed by atoms with Gasteiger partial charge in [0, 0.05) is 19.3 Å². The molecule has 450 valence electrons. The van der Waals surface area contributed by atoms with Crippen LogP contribution in [0.1, 0.15) is 367 Å². The summed E-state index contributed by atoms with van der Waals surface area (Å²) in [7, 11) is 0. The number of hydrogen-bond donors (Lipinski definition) is 0. The highest BCUT2D eigenvalue weighted by atomic mass is 16.6. The summed E-state index contributed by atoms with van der Waals surface area (Å²) in [5, 5.41) is 0. The zero-order chi connectivity index (χ0) is 55.7. The van der Waals surface area contributed by atoms with E-state index in [1.807, 2.05) is 0 Å². The van der Waals surface area contributed by atoms with Crippen molar-refractivity contribution in [3.63, 3.8) is 0 Å². The Balaban J connectivity index is 4.27. The fraction of sp³-hybridized carbons (Fsp3) is 0.845. The van der Waals surface area contributed by atoms with Crippen LogP contribution in [0.15, 0.2) is 48.6 Å². The third-order valence-electron chi connectivity index (χ3n) is 15.3. The highest BCUT2D eigenvalue weighted by molar-refractivity contribution is 5.71. The Morgan fingerprint density at radius 3 is 0.753 bits per heavy atom. The van der Waals surface area contributed by atoms with E-state index in [9.17, 15) is 14.4 Å². The fourth-order valence-electron chi connectivity index (χ4n) is 10.2. The Bertz CT molecular complexity index is 1330. The third-order valence-corrected chi connectivity index (χ3v) is 15.3. The lowest BCUT2D eigenvalue weighted by molar-refractivity contribution is -0.167. The summed E-state index contributed by atoms with van der Waals surface area (Å²) in [4.78, 5) is 38.4. The lowest BCUT2D eigenvalue weighted by atomic mass is 10.0. The SMILES string of the molecule is CCCCCC/C=C\CCCCCCCC(=O)OCC(COC(=O)CCCCCCCCCCCCCCCCCCCCCCCCCCC)OC(=O)CCCCCCCC/C=C\C/C=C\C/C=C\CCCCCCC. The van der Waals surface area contributed by atoms with E-state index in [-0.39, 0.29) is 31.1 Å². The highest BCUT2D eigenvalue weighted by Gasteiger charge is 2.19. The Kier molecular flexibility index (Phi) is 63.6. The average molecular weight is 1080 g/mol. The number of ether oxygens (including phenoxy) is 3. The van der Waals surface area contributed by atoms with E-state index in [2.05, 4.69) is 69.4 Å². The first-order chi connectivity index (χ1) is 38.0. The van der Waals surface area contributed by atoms with Crippen LogP contribution in [0.25, 0.3) is 0 Å². The maximum absolute atomic E-state index is 12.9. The molecular formula is C71H130O6. The van der Waals surface area contributed by atoms with Crippen LogP contribution in [-0.4, -0.2) is 37.2 Å². The molecule has 0 fully saturated rings. The standard InChI is InChI=1S/C71H130O6/c1-4-7-10-13-16-19-22-25-27-29-31-33-34-35-36-38-39-41-43-46-49-52-55-58-61-64-70(73)76-67-68(66-75-69(72)63-60-57-54-51-48-45-24-21-18-15-12-9-6-3)77-71(74)65-62-59-56-53-50-47-44-42-40-37-32-30-28-26-23-20-17-14-11-8-5-2/h21,23-24,26,30,32,40,42,68H,4-20,22,25,27-29,31,33-39,41,43-67H2,1-3H3/b24-21-,26-23-,32-30-,42-40-. The van der Waals surface area contributed by atoms with Gasteiger partial charge in [0.05, 0.1) is 0 Å². The minimum absolute atomic E-state index is 0.0775. The number of rotatable bonds is 63. The monoisotopic (exact) mass is 1080 g/mol. The molecule has 0 heterocycles. The Morgan fingerprint density at radius 1 is 0.260 bits per heavy atom. The van der Waals surface area contributed by atoms with Crippen molar-refractivity contribution in [1.29, 1.82) is 0 Å². The second kappa shape index (κ2) is 65.9. The Hall–Kier alpha value is -2.63. The van der Waals surface area contributed by atoms with Crippen molar-refractivity contribution in [1.82, 2.24) is 0 Å². The Morgan fingerprint density at radius 2 is 0.468 bits per heavy atom. The molecule has 6 nitrogen and oxygen atoms in total. The largest absolute Gasteiger partial charge is 0.462 e. The molecule has 0 spiro atoms. The molecule has 6 heteroatoms. The second-order valence-corrected chi connectivity index (χ2v) is 23.1. The van der Waals surface area contributed by atoms with Crippen LogP contribution >= 0.6 is 0 Å². The van der Waals surface area contributed by atoms with Gasteiger partial charge < -0.3 is 14.2 Å². The number of unbranched alkanes of at least 4 members (excludes halogenated alkanes) is 44. The van der Waals surface area contributed by atoms with Gasteiger partial charge in [-0.2, -0.15) is 0 Å². The molecule has 0 rings (SSSR count). The van der Waals surface area contributed by atoms with Crippen LogP contribution in [-0.2, 0) is 28.6 Å². The number of hydrogen-bond acceptors (Lipinski definition) is 6. The van der Waals surface area contributed by atoms with Crippen molar-refractivity contribution < 1.29 is 28.6 Å². The summed E-state index contributed by atoms with van der Waals surface area (Å²) in [6.45, 7) is 6.66. The maximum Gasteiger partial charge on any atom is 0.306 e. The first kappa shape index (κ1) is 74.4. The molecule has 0 amide bonds. The van der Waals surface area contributed by atoms with Gasteiger partial charge in [-0.1, -0.05) is 313 Å². The summed E-state index contributed by atoms with van der Waals surface area (Å²) in [6.07, 6.45) is 82.8. The number of allylic oxidation sites excluding steroid dienone is 8. The van der Waals surface area contributed by atoms with Gasteiger partial charge in [-0.3, -0.25) is 14.4 Å². The van der Waals surface area contributed by atoms with Crippen molar-refractivity contribution in [3.8, 4) is 0 Å². The zero-order valence-corrected chi connectivity index (χ0v) is 51.7. The van der Waals surface area contributed by atoms with Crippen LogP contribution in [0.3, 0.4) is 0 Å². The summed E-state index contributed by atoms with van der Waals surface area (Å²) in [6, 6.07) is 0. The van der Waals surface area contributed by atoms with E-state index in [4.69, 9.17) is 14.2 Å². The summed E-state index contributed by atoms with van der Waals surface area (Å²) < 4.78 is 16.9. The summed E-state index contributed by atoms with van der Waals surface area (Å²) >= 11 is 0. The topological polar surface area (TPSA) is 78.9 Å². The number of esters is 3. The van der Waals surface area contributed by atoms with Gasteiger partial charge in [0.1, 0.15) is 13.2 Å². The molecule has 0 radical (unpaired) electrons. The molecule has 0 saturated heterocycles. The Labute approximate surface area is 479 Å². The van der Waals surface area contributed by atoms with Crippen LogP contribution in [0.4, 0.5) is 0 Å². The van der Waals surface area contributed by atoms with Crippen molar-refractivity contribution >= 4 is 17.9 Å². The molecule has 1 atom stereocenters. The molecule has 77 heavy (non-hydrogen) atoms. The first-order valence-electron chi connectivity index (χ1n) is 34.1. The van der Waals surface area contributed by atoms with Gasteiger partial charge in [-0.15, -0.1) is 0 Å². The van der Waals surface area contributed by atoms with E-state index in [1.54, 1.807) is 0 Å². The number of carbonyl (C=O) groups excluding carboxylic acids is 3. The van der Waals surface area contributed by atoms with E-state index in [1.165, 1.54) is 244 Å². The lowest BCUT2D eigenvalue weighted by Crippen LogP contribution is -2.30. The fourth-order valence-corrected chi connectivity index (χ4v) is 10.2. The van der Waals surface area contributed by atoms with E-state index < -0.39 is 6.10 Å². The molecular weight excluding hydrogens is 949 g/mol. The highest BCUT2D eigenvalue weighted by Crippen LogP contribution is 2.18. The van der Waals surface area contributed by atoms with E-state index >= 15 is 0 Å². The lowest BCUT2D eigenvalue weighted by Gasteiger charge is -2.18. The van der Waals surface area contributed by atoms with Gasteiger partial charge in [0.25, 0.3) is 0 Å². The number of carbonyl (C=O) groups is 3. The quantitative estimate of drug-likeness (QED) is 0.0261. The smallest absolute Gasteiger partial charge is 0.306 e. The molecule has 0 aliphatic carbocycles. The molecule has 1 unspecified atom stereocenters. The van der Waals surface area contributed by atoms with Gasteiger partial charge in [0.15, 0.2) is 6.10 Å². The first-order valence-corrected chi connectivity index (χ1v) is 34.1. The molecule has 0 aliphatic rings. The van der Waals surface area contributed by atoms with Gasteiger partial charge in [-0.05, 0) is 83.5 Å². The maximum atomic E-state index is 12.9. The minimum atomic E-state index is -0.783. The van der Waals surface area contributed by atoms with Crippen LogP contribution < -0.4 is 0 Å². The van der Waals surface area contributed by atoms with Crippen LogP contribution in [0, 0.1) is 0 Å². The van der Waals surface area contributed by atoms with Crippen LogP contribution in [0.5, 0.6) is 0 Å². The third kappa shape index (κ3) is 64.1. The van der Waals surface area contributed by atoms with Gasteiger partial charge in [-0.25, -0.2) is 0 Å². The zero-order valence-electron chi connectivity index (χ0n) is 51.7. The molecule has 0 N–H and O–H groups in total. The van der Waals surface area contributed by atoms with Crippen molar-refractivity contribution in [2.45, 2.75) is 374 Å². The van der Waals surface area contributed by atoms with E-state index in [0.717, 1.165) is 83.5 Å². The van der Waals surface area contributed by atoms with Gasteiger partial charge in [0.2, 0.25) is 0 Å². The summed E-state index contributed by atoms with van der Waals surface area (Å²) in [5.74, 6) is -0.877. The second-order valence-electron chi connectivity index (χ2n) is 23.1. The van der Waals surface area contributed by atoms with E-state index in [0.29, 0.717) is 19.3 Å². The molecule has 0 saturated carbocycles. The molecule has 0 aliphatic heterocycles. The van der Waals surface area contributed by atoms with Crippen LogP contribution in [0.2, 0.25) is 0 Å². The molecule has 0 aromatic heterocycles. The van der Waals surface area contributed by atoms with Gasteiger partial charge >= 0.3 is 17.9 Å². The minimum Gasteiger partial charge on any atom is -0.462 e. The predicted octanol–water partition coefficient (Wildman–Crippen LogP) is 23.3. The normalized spacial score (nSPS) is 12.3. The average Bonchev–Trinajstić information content (AvgIpc) is 3.43. The summed E-state index contributed by atoms with van der Waals surface area (Å²) in [5.41, 5.74) is 0. The molecule has 0 aromatic carbocycles.